The molecule has 1 aromatic heterocycles. The minimum Gasteiger partial charge on any atom is -0.381 e. The summed E-state index contributed by atoms with van der Waals surface area (Å²) in [6.45, 7) is 9.79. The molecule has 2 fully saturated rings. The SMILES string of the molecule is CCNC(=NCC1(c2ccccc2)CCOCC1)N1CCC(C)C(n2ccnc2)C1.I. The molecule has 2 saturated heterocycles. The van der Waals surface area contributed by atoms with Crippen molar-refractivity contribution in [2.24, 2.45) is 10.9 Å². The molecular formula is C24H36IN5O. The number of ether oxygens (including phenoxy) is 1. The van der Waals surface area contributed by atoms with Gasteiger partial charge in [-0.2, -0.15) is 0 Å². The summed E-state index contributed by atoms with van der Waals surface area (Å²) in [6, 6.07) is 11.3. The Morgan fingerprint density at radius 1 is 1.26 bits per heavy atom. The number of hydrogen-bond acceptors (Lipinski definition) is 3. The fourth-order valence-electron chi connectivity index (χ4n) is 4.84. The Hall–Kier alpha value is -1.61. The zero-order valence-electron chi connectivity index (χ0n) is 18.7. The van der Waals surface area contributed by atoms with Crippen molar-refractivity contribution in [1.82, 2.24) is 19.8 Å². The van der Waals surface area contributed by atoms with Crippen LogP contribution in [-0.2, 0) is 10.2 Å². The van der Waals surface area contributed by atoms with Crippen LogP contribution in [0.5, 0.6) is 0 Å². The van der Waals surface area contributed by atoms with E-state index in [1.165, 1.54) is 5.56 Å². The van der Waals surface area contributed by atoms with Gasteiger partial charge in [-0.15, -0.1) is 24.0 Å². The lowest BCUT2D eigenvalue weighted by atomic mass is 9.74. The van der Waals surface area contributed by atoms with Crippen LogP contribution in [0.3, 0.4) is 0 Å². The third-order valence-corrected chi connectivity index (χ3v) is 6.83. The maximum atomic E-state index is 5.70. The van der Waals surface area contributed by atoms with Crippen LogP contribution in [0.4, 0.5) is 0 Å². The number of rotatable bonds is 5. The number of halogens is 1. The fraction of sp³-hybridized carbons (Fsp3) is 0.583. The number of aliphatic imine (C=N–C) groups is 1. The van der Waals surface area contributed by atoms with Crippen LogP contribution in [0.2, 0.25) is 0 Å². The number of piperidine rings is 1. The number of imidazole rings is 1. The van der Waals surface area contributed by atoms with E-state index in [1.807, 2.05) is 12.5 Å². The van der Waals surface area contributed by atoms with Gasteiger partial charge < -0.3 is 19.5 Å². The number of hydrogen-bond donors (Lipinski definition) is 1. The standard InChI is InChI=1S/C24H35N5O.HI/c1-3-26-23(28-13-9-20(2)22(17-28)29-14-12-25-19-29)27-18-24(10-15-30-16-11-24)21-7-5-4-6-8-21;/h4-8,12,14,19-20,22H,3,9-11,13,15-18H2,1-2H3,(H,26,27);1H. The average Bonchev–Trinajstić information content (AvgIpc) is 3.33. The van der Waals surface area contributed by atoms with E-state index in [2.05, 4.69) is 70.1 Å². The van der Waals surface area contributed by atoms with Crippen molar-refractivity contribution in [3.8, 4) is 0 Å². The van der Waals surface area contributed by atoms with Gasteiger partial charge >= 0.3 is 0 Å². The predicted molar refractivity (Wildman–Crippen MR) is 136 cm³/mol. The van der Waals surface area contributed by atoms with Gasteiger partial charge in [0.2, 0.25) is 0 Å². The van der Waals surface area contributed by atoms with Gasteiger partial charge in [-0.05, 0) is 37.7 Å². The highest BCUT2D eigenvalue weighted by atomic mass is 127. The summed E-state index contributed by atoms with van der Waals surface area (Å²) >= 11 is 0. The fourth-order valence-corrected chi connectivity index (χ4v) is 4.84. The topological polar surface area (TPSA) is 54.7 Å². The van der Waals surface area contributed by atoms with E-state index in [0.717, 1.165) is 64.6 Å². The molecule has 7 heteroatoms. The maximum Gasteiger partial charge on any atom is 0.194 e. The average molecular weight is 537 g/mol. The Kier molecular flexibility index (Phi) is 8.77. The van der Waals surface area contributed by atoms with E-state index in [-0.39, 0.29) is 29.4 Å². The van der Waals surface area contributed by atoms with Crippen LogP contribution < -0.4 is 5.32 Å². The summed E-state index contributed by atoms with van der Waals surface area (Å²) in [5, 5.41) is 3.56. The van der Waals surface area contributed by atoms with E-state index >= 15 is 0 Å². The third kappa shape index (κ3) is 5.61. The molecule has 2 aliphatic heterocycles. The molecule has 0 spiro atoms. The highest BCUT2D eigenvalue weighted by Gasteiger charge is 2.35. The first kappa shape index (κ1) is 24.0. The molecule has 6 nitrogen and oxygen atoms in total. The summed E-state index contributed by atoms with van der Waals surface area (Å²) in [6.07, 6.45) is 9.11. The van der Waals surface area contributed by atoms with Crippen molar-refractivity contribution in [2.45, 2.75) is 44.6 Å². The molecule has 1 aromatic carbocycles. The Labute approximate surface area is 203 Å². The van der Waals surface area contributed by atoms with Crippen molar-refractivity contribution in [2.75, 3.05) is 39.4 Å². The van der Waals surface area contributed by atoms with Gasteiger partial charge in [0.05, 0.1) is 18.9 Å². The number of benzene rings is 1. The maximum absolute atomic E-state index is 5.70. The summed E-state index contributed by atoms with van der Waals surface area (Å²) in [5.74, 6) is 1.67. The Morgan fingerprint density at radius 3 is 2.71 bits per heavy atom. The van der Waals surface area contributed by atoms with Gasteiger partial charge in [0.25, 0.3) is 0 Å². The van der Waals surface area contributed by atoms with Gasteiger partial charge in [0.1, 0.15) is 0 Å². The van der Waals surface area contributed by atoms with Gasteiger partial charge in [-0.1, -0.05) is 37.3 Å². The lowest BCUT2D eigenvalue weighted by molar-refractivity contribution is 0.0529. The quantitative estimate of drug-likeness (QED) is 0.355. The van der Waals surface area contributed by atoms with Crippen molar-refractivity contribution in [3.05, 3.63) is 54.6 Å². The molecule has 2 unspecified atom stereocenters. The molecule has 1 N–H and O–H groups in total. The van der Waals surface area contributed by atoms with Crippen LogP contribution in [0.15, 0.2) is 54.0 Å². The molecule has 0 amide bonds. The highest BCUT2D eigenvalue weighted by Crippen LogP contribution is 2.35. The first-order chi connectivity index (χ1) is 14.7. The predicted octanol–water partition coefficient (Wildman–Crippen LogP) is 4.10. The van der Waals surface area contributed by atoms with E-state index in [4.69, 9.17) is 9.73 Å². The Balaban J connectivity index is 0.00000272. The summed E-state index contributed by atoms with van der Waals surface area (Å²) in [5.41, 5.74) is 1.45. The zero-order valence-corrected chi connectivity index (χ0v) is 21.1. The summed E-state index contributed by atoms with van der Waals surface area (Å²) in [4.78, 5) is 11.9. The number of guanidine groups is 1. The minimum atomic E-state index is 0. The second-order valence-electron chi connectivity index (χ2n) is 8.72. The molecule has 0 aliphatic carbocycles. The molecule has 0 saturated carbocycles. The third-order valence-electron chi connectivity index (χ3n) is 6.83. The van der Waals surface area contributed by atoms with E-state index in [0.29, 0.717) is 12.0 Å². The highest BCUT2D eigenvalue weighted by molar-refractivity contribution is 14.0. The van der Waals surface area contributed by atoms with Crippen LogP contribution in [-0.4, -0.2) is 59.8 Å². The van der Waals surface area contributed by atoms with Crippen molar-refractivity contribution < 1.29 is 4.74 Å². The molecule has 31 heavy (non-hydrogen) atoms. The summed E-state index contributed by atoms with van der Waals surface area (Å²) < 4.78 is 7.96. The molecule has 2 aliphatic rings. The van der Waals surface area contributed by atoms with Gasteiger partial charge in [-0.3, -0.25) is 4.99 Å². The van der Waals surface area contributed by atoms with Crippen LogP contribution in [0.1, 0.15) is 44.7 Å². The second kappa shape index (κ2) is 11.3. The van der Waals surface area contributed by atoms with Crippen LogP contribution in [0.25, 0.3) is 0 Å². The lowest BCUT2D eigenvalue weighted by Crippen LogP contribution is -2.49. The molecule has 3 heterocycles. The van der Waals surface area contributed by atoms with Crippen LogP contribution >= 0.6 is 24.0 Å². The largest absolute Gasteiger partial charge is 0.381 e. The van der Waals surface area contributed by atoms with Crippen LogP contribution in [0, 0.1) is 5.92 Å². The normalized spacial score (nSPS) is 23.8. The summed E-state index contributed by atoms with van der Waals surface area (Å²) in [7, 11) is 0. The monoisotopic (exact) mass is 537 g/mol. The van der Waals surface area contributed by atoms with Crippen molar-refractivity contribution in [1.29, 1.82) is 0 Å². The van der Waals surface area contributed by atoms with Gasteiger partial charge in [0, 0.05) is 50.7 Å². The van der Waals surface area contributed by atoms with E-state index < -0.39 is 0 Å². The molecule has 4 rings (SSSR count). The Bertz CT molecular complexity index is 805. The number of likely N-dealkylation sites (tertiary alicyclic amines) is 1. The zero-order chi connectivity index (χ0) is 20.8. The molecule has 2 atom stereocenters. The first-order valence-electron chi connectivity index (χ1n) is 11.4. The number of aromatic nitrogens is 2. The molecule has 0 bridgehead atoms. The van der Waals surface area contributed by atoms with E-state index in [9.17, 15) is 0 Å². The smallest absolute Gasteiger partial charge is 0.194 e. The lowest BCUT2D eigenvalue weighted by Gasteiger charge is -2.40. The molecule has 0 radical (unpaired) electrons. The van der Waals surface area contributed by atoms with E-state index in [1.54, 1.807) is 0 Å². The van der Waals surface area contributed by atoms with Gasteiger partial charge in [-0.25, -0.2) is 4.98 Å². The first-order valence-corrected chi connectivity index (χ1v) is 11.4. The minimum absolute atomic E-state index is 0. The molecular weight excluding hydrogens is 501 g/mol. The second-order valence-corrected chi connectivity index (χ2v) is 8.72. The van der Waals surface area contributed by atoms with Crippen molar-refractivity contribution in [3.63, 3.8) is 0 Å². The van der Waals surface area contributed by atoms with Gasteiger partial charge in [0.15, 0.2) is 5.96 Å². The number of nitrogens with zero attached hydrogens (tertiary/aromatic N) is 4. The Morgan fingerprint density at radius 2 is 2.03 bits per heavy atom. The molecule has 170 valence electrons. The van der Waals surface area contributed by atoms with Crippen molar-refractivity contribution >= 4 is 29.9 Å². The number of nitrogens with one attached hydrogen (secondary N) is 1. The molecule has 2 aromatic rings.